The van der Waals surface area contributed by atoms with E-state index in [1.165, 1.54) is 16.9 Å². The van der Waals surface area contributed by atoms with E-state index in [-0.39, 0.29) is 23.3 Å². The van der Waals surface area contributed by atoms with Crippen molar-refractivity contribution in [1.82, 2.24) is 9.55 Å². The van der Waals surface area contributed by atoms with E-state index in [0.717, 1.165) is 11.3 Å². The Morgan fingerprint density at radius 2 is 2.03 bits per heavy atom. The normalized spacial score (nSPS) is 10.8. The number of Topliss-reactive ketones (excluding diaryl/α,β-unsaturated/α-hetero) is 1. The molecule has 0 radical (unpaired) electrons. The molecule has 0 atom stereocenters. The molecule has 8 nitrogen and oxygen atoms in total. The van der Waals surface area contributed by atoms with Gasteiger partial charge in [-0.1, -0.05) is 19.1 Å². The van der Waals surface area contributed by atoms with Crippen molar-refractivity contribution < 1.29 is 19.5 Å². The highest BCUT2D eigenvalue weighted by atomic mass is 32.1. The van der Waals surface area contributed by atoms with Crippen LogP contribution < -0.4 is 10.9 Å². The number of aryl methyl sites for hydroxylation is 1. The highest BCUT2D eigenvalue weighted by Crippen LogP contribution is 2.22. The van der Waals surface area contributed by atoms with Gasteiger partial charge in [-0.25, -0.2) is 9.78 Å². The number of carboxylic acid groups (broad SMARTS) is 1. The summed E-state index contributed by atoms with van der Waals surface area (Å²) in [6, 6.07) is 6.49. The number of amides is 1. The molecule has 2 N–H and O–H groups in total. The lowest BCUT2D eigenvalue weighted by molar-refractivity contribution is -0.116. The third-order valence-electron chi connectivity index (χ3n) is 4.33. The topological polar surface area (TPSA) is 118 Å². The van der Waals surface area contributed by atoms with Gasteiger partial charge in [0.15, 0.2) is 5.78 Å². The molecule has 3 aromatic rings. The lowest BCUT2D eigenvalue weighted by Gasteiger charge is -2.12. The van der Waals surface area contributed by atoms with Crippen LogP contribution in [0.5, 0.6) is 0 Å². The van der Waals surface area contributed by atoms with Crippen LogP contribution in [0.2, 0.25) is 0 Å². The fourth-order valence-electron chi connectivity index (χ4n) is 2.96. The van der Waals surface area contributed by atoms with Gasteiger partial charge in [0.2, 0.25) is 5.91 Å². The van der Waals surface area contributed by atoms with Crippen molar-refractivity contribution in [1.29, 1.82) is 0 Å². The molecule has 150 valence electrons. The Morgan fingerprint density at radius 1 is 1.28 bits per heavy atom. The fourth-order valence-corrected chi connectivity index (χ4v) is 3.88. The largest absolute Gasteiger partial charge is 0.478 e. The Morgan fingerprint density at radius 3 is 2.69 bits per heavy atom. The number of thiophene rings is 1. The van der Waals surface area contributed by atoms with Crippen molar-refractivity contribution in [2.75, 3.05) is 5.32 Å². The van der Waals surface area contributed by atoms with E-state index < -0.39 is 17.4 Å². The first-order valence-corrected chi connectivity index (χ1v) is 9.84. The molecule has 9 heteroatoms. The van der Waals surface area contributed by atoms with Crippen LogP contribution in [0.25, 0.3) is 10.2 Å². The van der Waals surface area contributed by atoms with Gasteiger partial charge < -0.3 is 10.4 Å². The molecule has 1 amide bonds. The number of hydrogen-bond donors (Lipinski definition) is 2. The van der Waals surface area contributed by atoms with Crippen LogP contribution in [0, 0.1) is 0 Å². The Bertz CT molecular complexity index is 1180. The standard InChI is InChI=1S/C20H19N3O5S/c1-3-5-15-22-18-17(14(10-29-18)20(27)28)19(26)23(15)9-16(25)21-13-7-4-6-12(8-13)11(2)24/h4,6-8,10H,3,5,9H2,1-2H3,(H,21,25)(H,27,28). The summed E-state index contributed by atoms with van der Waals surface area (Å²) in [5.41, 5.74) is 0.223. The molecule has 0 spiro atoms. The van der Waals surface area contributed by atoms with Gasteiger partial charge in [0.25, 0.3) is 5.56 Å². The van der Waals surface area contributed by atoms with Gasteiger partial charge in [0.05, 0.1) is 10.9 Å². The molecular weight excluding hydrogens is 394 g/mol. The number of ketones is 1. The van der Waals surface area contributed by atoms with Crippen molar-refractivity contribution in [3.8, 4) is 0 Å². The average Bonchev–Trinajstić information content (AvgIpc) is 3.09. The number of anilines is 1. The first-order valence-electron chi connectivity index (χ1n) is 8.96. The van der Waals surface area contributed by atoms with Gasteiger partial charge in [-0.3, -0.25) is 19.0 Å². The number of aromatic carboxylic acids is 1. The smallest absolute Gasteiger partial charge is 0.337 e. The van der Waals surface area contributed by atoms with Crippen molar-refractivity contribution in [2.24, 2.45) is 0 Å². The summed E-state index contributed by atoms with van der Waals surface area (Å²) in [4.78, 5) is 53.3. The molecule has 0 saturated carbocycles. The average molecular weight is 413 g/mol. The monoisotopic (exact) mass is 413 g/mol. The Hall–Kier alpha value is -3.33. The SMILES string of the molecule is CCCc1nc2scc(C(=O)O)c2c(=O)n1CC(=O)Nc1cccc(C(C)=O)c1. The number of carboxylic acids is 1. The van der Waals surface area contributed by atoms with Crippen molar-refractivity contribution >= 4 is 44.9 Å². The maximum Gasteiger partial charge on any atom is 0.337 e. The van der Waals surface area contributed by atoms with Crippen LogP contribution in [-0.4, -0.2) is 32.3 Å². The van der Waals surface area contributed by atoms with E-state index in [1.807, 2.05) is 6.92 Å². The Kier molecular flexibility index (Phi) is 5.88. The molecule has 0 fully saturated rings. The first-order chi connectivity index (χ1) is 13.8. The van der Waals surface area contributed by atoms with Crippen molar-refractivity contribution in [3.63, 3.8) is 0 Å². The summed E-state index contributed by atoms with van der Waals surface area (Å²) in [5, 5.41) is 13.4. The molecule has 0 aliphatic carbocycles. The Balaban J connectivity index is 1.97. The summed E-state index contributed by atoms with van der Waals surface area (Å²) in [6.45, 7) is 3.04. The number of carbonyl (C=O) groups is 3. The van der Waals surface area contributed by atoms with Crippen molar-refractivity contribution in [2.45, 2.75) is 33.2 Å². The minimum absolute atomic E-state index is 0.00808. The summed E-state index contributed by atoms with van der Waals surface area (Å²) >= 11 is 1.09. The molecule has 29 heavy (non-hydrogen) atoms. The lowest BCUT2D eigenvalue weighted by Crippen LogP contribution is -2.31. The number of aromatic nitrogens is 2. The molecule has 0 saturated heterocycles. The lowest BCUT2D eigenvalue weighted by atomic mass is 10.1. The van der Waals surface area contributed by atoms with E-state index in [1.54, 1.807) is 24.3 Å². The molecule has 1 aromatic carbocycles. The van der Waals surface area contributed by atoms with E-state index >= 15 is 0 Å². The van der Waals surface area contributed by atoms with Gasteiger partial charge in [0.1, 0.15) is 17.2 Å². The van der Waals surface area contributed by atoms with Gasteiger partial charge in [0, 0.05) is 23.1 Å². The summed E-state index contributed by atoms with van der Waals surface area (Å²) < 4.78 is 1.22. The second-order valence-corrected chi connectivity index (χ2v) is 7.35. The Labute approximate surface area is 169 Å². The van der Waals surface area contributed by atoms with E-state index in [9.17, 15) is 24.3 Å². The van der Waals surface area contributed by atoms with Gasteiger partial charge in [-0.2, -0.15) is 0 Å². The molecule has 0 bridgehead atoms. The van der Waals surface area contributed by atoms with E-state index in [2.05, 4.69) is 10.3 Å². The number of rotatable bonds is 7. The van der Waals surface area contributed by atoms with Gasteiger partial charge in [-0.05, 0) is 25.5 Å². The molecule has 2 heterocycles. The van der Waals surface area contributed by atoms with Crippen LogP contribution in [0.4, 0.5) is 5.69 Å². The third-order valence-corrected chi connectivity index (χ3v) is 5.20. The third kappa shape index (κ3) is 4.24. The molecule has 2 aromatic heterocycles. The first kappa shape index (κ1) is 20.4. The van der Waals surface area contributed by atoms with E-state index in [0.29, 0.717) is 34.7 Å². The van der Waals surface area contributed by atoms with Crippen LogP contribution in [0.3, 0.4) is 0 Å². The quantitative estimate of drug-likeness (QED) is 0.575. The van der Waals surface area contributed by atoms with Crippen LogP contribution in [-0.2, 0) is 17.8 Å². The van der Waals surface area contributed by atoms with E-state index in [4.69, 9.17) is 0 Å². The van der Waals surface area contributed by atoms with Gasteiger partial charge >= 0.3 is 5.97 Å². The molecule has 0 aliphatic heterocycles. The highest BCUT2D eigenvalue weighted by molar-refractivity contribution is 7.17. The zero-order chi connectivity index (χ0) is 21.1. The minimum Gasteiger partial charge on any atom is -0.478 e. The number of benzene rings is 1. The summed E-state index contributed by atoms with van der Waals surface area (Å²) in [6.07, 6.45) is 1.18. The number of nitrogens with zero attached hydrogens (tertiary/aromatic N) is 2. The minimum atomic E-state index is -1.21. The molecule has 3 rings (SSSR count). The predicted molar refractivity (Wildman–Crippen MR) is 110 cm³/mol. The summed E-state index contributed by atoms with van der Waals surface area (Å²) in [7, 11) is 0. The number of carbonyl (C=O) groups excluding carboxylic acids is 2. The maximum absolute atomic E-state index is 13.0. The number of fused-ring (bicyclic) bond motifs is 1. The van der Waals surface area contributed by atoms with Crippen LogP contribution >= 0.6 is 11.3 Å². The fraction of sp³-hybridized carbons (Fsp3) is 0.250. The zero-order valence-electron chi connectivity index (χ0n) is 15.9. The second kappa shape index (κ2) is 8.36. The summed E-state index contributed by atoms with van der Waals surface area (Å²) in [5.74, 6) is -1.39. The van der Waals surface area contributed by atoms with Crippen molar-refractivity contribution in [3.05, 3.63) is 57.0 Å². The maximum atomic E-state index is 13.0. The predicted octanol–water partition coefficient (Wildman–Crippen LogP) is 2.95. The number of nitrogens with one attached hydrogen (secondary N) is 1. The molecule has 0 aliphatic rings. The molecular formula is C20H19N3O5S. The second-order valence-electron chi connectivity index (χ2n) is 6.49. The number of hydrogen-bond acceptors (Lipinski definition) is 6. The highest BCUT2D eigenvalue weighted by Gasteiger charge is 2.20. The molecule has 0 unspecified atom stereocenters. The van der Waals surface area contributed by atoms with Crippen LogP contribution in [0.1, 0.15) is 46.8 Å². The van der Waals surface area contributed by atoms with Gasteiger partial charge in [-0.15, -0.1) is 11.3 Å². The van der Waals surface area contributed by atoms with Crippen LogP contribution in [0.15, 0.2) is 34.4 Å². The zero-order valence-corrected chi connectivity index (χ0v) is 16.7.